The van der Waals surface area contributed by atoms with Gasteiger partial charge < -0.3 is 5.73 Å². The number of hydrogen-bond donors (Lipinski definition) is 1. The molecule has 2 N–H and O–H groups in total. The van der Waals surface area contributed by atoms with Crippen LogP contribution in [0, 0.1) is 0 Å². The van der Waals surface area contributed by atoms with Crippen LogP contribution in [-0.2, 0) is 9.63 Å². The zero-order chi connectivity index (χ0) is 13.9. The summed E-state index contributed by atoms with van der Waals surface area (Å²) >= 11 is 0. The lowest BCUT2D eigenvalue weighted by atomic mass is 9.98. The monoisotopic (exact) mass is 270 g/mol. The van der Waals surface area contributed by atoms with Gasteiger partial charge in [-0.3, -0.25) is 9.63 Å². The molecule has 4 heteroatoms. The molecule has 1 aliphatic rings. The Labute approximate surface area is 117 Å². The van der Waals surface area contributed by atoms with E-state index in [4.69, 9.17) is 10.6 Å². The minimum absolute atomic E-state index is 0.140. The van der Waals surface area contributed by atoms with E-state index in [1.807, 2.05) is 6.92 Å². The van der Waals surface area contributed by atoms with Gasteiger partial charge in [0.2, 0.25) is 5.91 Å². The maximum atomic E-state index is 12.1. The van der Waals surface area contributed by atoms with Gasteiger partial charge in [-0.05, 0) is 39.2 Å². The number of carbonyl (C=O) groups is 1. The van der Waals surface area contributed by atoms with Crippen molar-refractivity contribution < 1.29 is 9.63 Å². The summed E-state index contributed by atoms with van der Waals surface area (Å²) < 4.78 is 0. The van der Waals surface area contributed by atoms with Crippen LogP contribution in [0.2, 0.25) is 0 Å². The van der Waals surface area contributed by atoms with Crippen molar-refractivity contribution in [2.24, 2.45) is 5.73 Å². The van der Waals surface area contributed by atoms with Crippen LogP contribution in [0.4, 0.5) is 0 Å². The third-order valence-corrected chi connectivity index (χ3v) is 3.74. The Hall–Kier alpha value is -0.610. The first kappa shape index (κ1) is 16.4. The van der Waals surface area contributed by atoms with Crippen molar-refractivity contribution in [1.82, 2.24) is 5.06 Å². The molecule has 0 atom stereocenters. The van der Waals surface area contributed by atoms with Crippen LogP contribution < -0.4 is 5.73 Å². The predicted molar refractivity (Wildman–Crippen MR) is 77.5 cm³/mol. The van der Waals surface area contributed by atoms with Crippen molar-refractivity contribution in [3.63, 3.8) is 0 Å². The summed E-state index contributed by atoms with van der Waals surface area (Å²) in [7, 11) is 0. The van der Waals surface area contributed by atoms with Gasteiger partial charge in [0.15, 0.2) is 0 Å². The summed E-state index contributed by atoms with van der Waals surface area (Å²) in [5.74, 6) is 0.140. The fraction of sp³-hybridized carbons (Fsp3) is 0.933. The first-order valence-electron chi connectivity index (χ1n) is 7.95. The van der Waals surface area contributed by atoms with Crippen LogP contribution >= 0.6 is 0 Å². The molecule has 4 nitrogen and oxygen atoms in total. The number of hydroxylamine groups is 2. The molecule has 112 valence electrons. The topological polar surface area (TPSA) is 55.6 Å². The van der Waals surface area contributed by atoms with Gasteiger partial charge in [-0.2, -0.15) is 0 Å². The van der Waals surface area contributed by atoms with Gasteiger partial charge in [-0.15, -0.1) is 0 Å². The number of unbranched alkanes of at least 4 members (excludes halogenated alkanes) is 3. The van der Waals surface area contributed by atoms with Crippen LogP contribution in [0.3, 0.4) is 0 Å². The van der Waals surface area contributed by atoms with E-state index in [9.17, 15) is 4.79 Å². The van der Waals surface area contributed by atoms with E-state index in [0.717, 1.165) is 45.1 Å². The Balaban J connectivity index is 2.18. The number of amides is 1. The zero-order valence-corrected chi connectivity index (χ0v) is 12.4. The summed E-state index contributed by atoms with van der Waals surface area (Å²) in [5.41, 5.74) is 5.45. The van der Waals surface area contributed by atoms with E-state index in [1.165, 1.54) is 19.3 Å². The first-order valence-corrected chi connectivity index (χ1v) is 7.95. The third kappa shape index (κ3) is 6.92. The predicted octanol–water partition coefficient (Wildman–Crippen LogP) is 3.01. The molecule has 1 aliphatic carbocycles. The molecule has 0 aromatic heterocycles. The molecule has 1 saturated carbocycles. The lowest BCUT2D eigenvalue weighted by molar-refractivity contribution is -0.209. The Morgan fingerprint density at radius 2 is 1.84 bits per heavy atom. The molecule has 0 aromatic rings. The highest BCUT2D eigenvalue weighted by Gasteiger charge is 2.20. The third-order valence-electron chi connectivity index (χ3n) is 3.74. The molecule has 0 spiro atoms. The first-order chi connectivity index (χ1) is 9.27. The average Bonchev–Trinajstić information content (AvgIpc) is 2.45. The van der Waals surface area contributed by atoms with Gasteiger partial charge in [0.25, 0.3) is 0 Å². The fourth-order valence-corrected chi connectivity index (χ4v) is 2.56. The van der Waals surface area contributed by atoms with Gasteiger partial charge in [0.1, 0.15) is 0 Å². The zero-order valence-electron chi connectivity index (χ0n) is 12.4. The average molecular weight is 270 g/mol. The second-order valence-electron chi connectivity index (χ2n) is 5.41. The molecular formula is C15H30N2O2. The van der Waals surface area contributed by atoms with Gasteiger partial charge in [0.05, 0.1) is 6.10 Å². The van der Waals surface area contributed by atoms with Crippen LogP contribution in [-0.4, -0.2) is 30.2 Å². The molecule has 19 heavy (non-hydrogen) atoms. The molecule has 0 heterocycles. The molecule has 0 radical (unpaired) electrons. The van der Waals surface area contributed by atoms with Crippen molar-refractivity contribution in [3.8, 4) is 0 Å². The van der Waals surface area contributed by atoms with Crippen molar-refractivity contribution in [3.05, 3.63) is 0 Å². The molecule has 0 unspecified atom stereocenters. The van der Waals surface area contributed by atoms with E-state index in [2.05, 4.69) is 0 Å². The molecule has 1 fully saturated rings. The molecule has 0 bridgehead atoms. The van der Waals surface area contributed by atoms with Crippen molar-refractivity contribution in [1.29, 1.82) is 0 Å². The summed E-state index contributed by atoms with van der Waals surface area (Å²) in [5, 5.41) is 1.58. The molecular weight excluding hydrogens is 240 g/mol. The highest BCUT2D eigenvalue weighted by molar-refractivity contribution is 5.74. The lowest BCUT2D eigenvalue weighted by Gasteiger charge is -2.28. The smallest absolute Gasteiger partial charge is 0.246 e. The highest BCUT2D eigenvalue weighted by Crippen LogP contribution is 2.21. The second kappa shape index (κ2) is 10.2. The Bertz CT molecular complexity index is 240. The largest absolute Gasteiger partial charge is 0.330 e. The normalized spacial score (nSPS) is 16.5. The number of rotatable bonds is 9. The van der Waals surface area contributed by atoms with E-state index in [0.29, 0.717) is 13.0 Å². The SMILES string of the molecule is CCN(OC1CCCCC1)C(=O)CCCCCCN. The van der Waals surface area contributed by atoms with Crippen molar-refractivity contribution >= 4 is 5.91 Å². The number of nitrogens with two attached hydrogens (primary N) is 1. The van der Waals surface area contributed by atoms with Gasteiger partial charge in [0, 0.05) is 13.0 Å². The number of carbonyl (C=O) groups excluding carboxylic acids is 1. The molecule has 0 saturated heterocycles. The number of hydrogen-bond acceptors (Lipinski definition) is 3. The summed E-state index contributed by atoms with van der Waals surface area (Å²) in [6.45, 7) is 3.38. The number of nitrogens with zero attached hydrogens (tertiary/aromatic N) is 1. The van der Waals surface area contributed by atoms with Crippen molar-refractivity contribution in [2.75, 3.05) is 13.1 Å². The van der Waals surface area contributed by atoms with Gasteiger partial charge in [-0.25, -0.2) is 5.06 Å². The second-order valence-corrected chi connectivity index (χ2v) is 5.41. The van der Waals surface area contributed by atoms with E-state index in [1.54, 1.807) is 5.06 Å². The van der Waals surface area contributed by atoms with Crippen LogP contribution in [0.5, 0.6) is 0 Å². The van der Waals surface area contributed by atoms with Crippen molar-refractivity contribution in [2.45, 2.75) is 77.2 Å². The van der Waals surface area contributed by atoms with E-state index < -0.39 is 0 Å². The molecule has 1 rings (SSSR count). The molecule has 0 aliphatic heterocycles. The minimum atomic E-state index is 0.140. The fourth-order valence-electron chi connectivity index (χ4n) is 2.56. The van der Waals surface area contributed by atoms with Gasteiger partial charge in [-0.1, -0.05) is 32.1 Å². The molecule has 0 aromatic carbocycles. The Kier molecular flexibility index (Phi) is 8.84. The standard InChI is InChI=1S/C15H30N2O2/c1-2-17(19-14-10-6-5-7-11-14)15(18)12-8-3-4-9-13-16/h14H,2-13,16H2,1H3. The van der Waals surface area contributed by atoms with Gasteiger partial charge >= 0.3 is 0 Å². The van der Waals surface area contributed by atoms with E-state index in [-0.39, 0.29) is 12.0 Å². The highest BCUT2D eigenvalue weighted by atomic mass is 16.7. The Morgan fingerprint density at radius 3 is 2.47 bits per heavy atom. The summed E-state index contributed by atoms with van der Waals surface area (Å²) in [4.78, 5) is 17.9. The summed E-state index contributed by atoms with van der Waals surface area (Å²) in [6.07, 6.45) is 11.0. The van der Waals surface area contributed by atoms with Crippen LogP contribution in [0.25, 0.3) is 0 Å². The van der Waals surface area contributed by atoms with E-state index >= 15 is 0 Å². The Morgan fingerprint density at radius 1 is 1.16 bits per heavy atom. The van der Waals surface area contributed by atoms with Crippen LogP contribution in [0.15, 0.2) is 0 Å². The minimum Gasteiger partial charge on any atom is -0.330 e. The quantitative estimate of drug-likeness (QED) is 0.517. The maximum Gasteiger partial charge on any atom is 0.246 e. The maximum absolute atomic E-state index is 12.1. The summed E-state index contributed by atoms with van der Waals surface area (Å²) in [6, 6.07) is 0. The molecule has 1 amide bonds. The van der Waals surface area contributed by atoms with Crippen LogP contribution in [0.1, 0.15) is 71.1 Å². The lowest BCUT2D eigenvalue weighted by Crippen LogP contribution is -2.35.